The number of nitrogens with one attached hydrogen (secondary N) is 1. The number of hydrogen-bond donors (Lipinski definition) is 1. The molecule has 1 heterocycles. The van der Waals surface area contributed by atoms with Gasteiger partial charge in [-0.2, -0.15) is 0 Å². The monoisotopic (exact) mass is 171 g/mol. The second-order valence-electron chi connectivity index (χ2n) is 3.59. The molecule has 0 saturated carbocycles. The van der Waals surface area contributed by atoms with Crippen molar-refractivity contribution in [3.63, 3.8) is 0 Å². The molecule has 2 atom stereocenters. The van der Waals surface area contributed by atoms with Gasteiger partial charge in [-0.1, -0.05) is 13.3 Å². The summed E-state index contributed by atoms with van der Waals surface area (Å²) >= 11 is 0. The zero-order valence-corrected chi connectivity index (χ0v) is 8.31. The largest absolute Gasteiger partial charge is 0.377 e. The summed E-state index contributed by atoms with van der Waals surface area (Å²) in [5.41, 5.74) is 0. The molecule has 1 N–H and O–H groups in total. The molecule has 0 aliphatic carbocycles. The van der Waals surface area contributed by atoms with Gasteiger partial charge in [0.25, 0.3) is 0 Å². The Morgan fingerprint density at radius 2 is 2.33 bits per heavy atom. The van der Waals surface area contributed by atoms with Crippen LogP contribution in [0, 0.1) is 0 Å². The molecule has 1 aliphatic heterocycles. The van der Waals surface area contributed by atoms with Gasteiger partial charge in [-0.15, -0.1) is 0 Å². The minimum atomic E-state index is 0.476. The first kappa shape index (κ1) is 10.0. The Hall–Kier alpha value is -0.0800. The molecule has 0 aromatic carbocycles. The summed E-state index contributed by atoms with van der Waals surface area (Å²) in [4.78, 5) is 0. The first-order valence-corrected chi connectivity index (χ1v) is 5.17. The van der Waals surface area contributed by atoms with Gasteiger partial charge in [0.15, 0.2) is 0 Å². The van der Waals surface area contributed by atoms with Crippen molar-refractivity contribution in [2.24, 2.45) is 0 Å². The summed E-state index contributed by atoms with van der Waals surface area (Å²) in [6, 6.07) is 0.579. The van der Waals surface area contributed by atoms with E-state index in [1.54, 1.807) is 0 Å². The smallest absolute Gasteiger partial charge is 0.0727 e. The van der Waals surface area contributed by atoms with Crippen LogP contribution in [0.1, 0.15) is 39.0 Å². The lowest BCUT2D eigenvalue weighted by molar-refractivity contribution is -0.00780. The van der Waals surface area contributed by atoms with Crippen molar-refractivity contribution in [2.45, 2.75) is 51.2 Å². The van der Waals surface area contributed by atoms with Crippen LogP contribution in [0.4, 0.5) is 0 Å². The van der Waals surface area contributed by atoms with Crippen LogP contribution in [0.15, 0.2) is 0 Å². The Morgan fingerprint density at radius 3 is 2.83 bits per heavy atom. The van der Waals surface area contributed by atoms with E-state index in [9.17, 15) is 0 Å². The maximum absolute atomic E-state index is 5.72. The topological polar surface area (TPSA) is 21.3 Å². The fourth-order valence-electron chi connectivity index (χ4n) is 1.91. The molecule has 1 rings (SSSR count). The van der Waals surface area contributed by atoms with Gasteiger partial charge in [0.1, 0.15) is 0 Å². The molecule has 0 bridgehead atoms. The summed E-state index contributed by atoms with van der Waals surface area (Å²) in [6.45, 7) is 3.19. The van der Waals surface area contributed by atoms with Gasteiger partial charge >= 0.3 is 0 Å². The van der Waals surface area contributed by atoms with Crippen LogP contribution in [0.25, 0.3) is 0 Å². The van der Waals surface area contributed by atoms with E-state index in [4.69, 9.17) is 4.74 Å². The molecule has 2 nitrogen and oxygen atoms in total. The quantitative estimate of drug-likeness (QED) is 0.698. The lowest BCUT2D eigenvalue weighted by atomic mass is 9.99. The van der Waals surface area contributed by atoms with Gasteiger partial charge < -0.3 is 10.1 Å². The number of likely N-dealkylation sites (N-methyl/N-ethyl adjacent to an activating group) is 1. The van der Waals surface area contributed by atoms with Crippen LogP contribution < -0.4 is 5.32 Å². The normalized spacial score (nSPS) is 27.0. The molecule has 0 amide bonds. The Balaban J connectivity index is 2.29. The second-order valence-corrected chi connectivity index (χ2v) is 3.59. The van der Waals surface area contributed by atoms with E-state index in [0.29, 0.717) is 12.1 Å². The van der Waals surface area contributed by atoms with Gasteiger partial charge in [-0.25, -0.2) is 0 Å². The third kappa shape index (κ3) is 2.76. The van der Waals surface area contributed by atoms with E-state index < -0.39 is 0 Å². The average molecular weight is 171 g/mol. The molecular formula is C10H21NO. The van der Waals surface area contributed by atoms with Gasteiger partial charge in [-0.05, 0) is 32.7 Å². The Kier molecular flexibility index (Phi) is 4.62. The molecule has 1 fully saturated rings. The minimum Gasteiger partial charge on any atom is -0.377 e. The second kappa shape index (κ2) is 5.55. The third-order valence-corrected chi connectivity index (χ3v) is 2.63. The maximum Gasteiger partial charge on any atom is 0.0727 e. The molecule has 2 heteroatoms. The number of hydrogen-bond acceptors (Lipinski definition) is 2. The SMILES string of the molecule is CCCC(NC)C1CCCCO1. The van der Waals surface area contributed by atoms with E-state index in [-0.39, 0.29) is 0 Å². The van der Waals surface area contributed by atoms with E-state index >= 15 is 0 Å². The molecule has 0 aromatic rings. The van der Waals surface area contributed by atoms with Crippen LogP contribution in [-0.2, 0) is 4.74 Å². The van der Waals surface area contributed by atoms with Gasteiger partial charge in [0.05, 0.1) is 6.10 Å². The lowest BCUT2D eigenvalue weighted by Gasteiger charge is -2.30. The first-order chi connectivity index (χ1) is 5.88. The van der Waals surface area contributed by atoms with E-state index in [1.807, 2.05) is 7.05 Å². The van der Waals surface area contributed by atoms with E-state index in [2.05, 4.69) is 12.2 Å². The first-order valence-electron chi connectivity index (χ1n) is 5.17. The van der Waals surface area contributed by atoms with E-state index in [0.717, 1.165) is 6.61 Å². The van der Waals surface area contributed by atoms with Crippen LogP contribution in [0.5, 0.6) is 0 Å². The fraction of sp³-hybridized carbons (Fsp3) is 1.00. The zero-order valence-electron chi connectivity index (χ0n) is 8.31. The van der Waals surface area contributed by atoms with Crippen LogP contribution in [-0.4, -0.2) is 25.8 Å². The highest BCUT2D eigenvalue weighted by Gasteiger charge is 2.21. The van der Waals surface area contributed by atoms with Crippen LogP contribution in [0.3, 0.4) is 0 Å². The molecule has 72 valence electrons. The predicted molar refractivity (Wildman–Crippen MR) is 51.3 cm³/mol. The van der Waals surface area contributed by atoms with Crippen molar-refractivity contribution in [2.75, 3.05) is 13.7 Å². The Morgan fingerprint density at radius 1 is 1.50 bits per heavy atom. The fourth-order valence-corrected chi connectivity index (χ4v) is 1.91. The summed E-state index contributed by atoms with van der Waals surface area (Å²) < 4.78 is 5.72. The summed E-state index contributed by atoms with van der Waals surface area (Å²) in [5, 5.41) is 3.35. The predicted octanol–water partition coefficient (Wildman–Crippen LogP) is 1.94. The molecule has 0 radical (unpaired) electrons. The van der Waals surface area contributed by atoms with Crippen molar-refractivity contribution < 1.29 is 4.74 Å². The molecule has 0 spiro atoms. The van der Waals surface area contributed by atoms with Crippen molar-refractivity contribution in [3.8, 4) is 0 Å². The lowest BCUT2D eigenvalue weighted by Crippen LogP contribution is -2.41. The third-order valence-electron chi connectivity index (χ3n) is 2.63. The van der Waals surface area contributed by atoms with Crippen LogP contribution >= 0.6 is 0 Å². The molecule has 1 aliphatic rings. The standard InChI is InChI=1S/C10H21NO/c1-3-6-9(11-2)10-7-4-5-8-12-10/h9-11H,3-8H2,1-2H3. The molecule has 1 saturated heterocycles. The highest BCUT2D eigenvalue weighted by molar-refractivity contribution is 4.77. The number of rotatable bonds is 4. The molecule has 2 unspecified atom stereocenters. The summed E-state index contributed by atoms with van der Waals surface area (Å²) in [5.74, 6) is 0. The minimum absolute atomic E-state index is 0.476. The Labute approximate surface area is 75.7 Å². The summed E-state index contributed by atoms with van der Waals surface area (Å²) in [6.07, 6.45) is 6.78. The summed E-state index contributed by atoms with van der Waals surface area (Å²) in [7, 11) is 2.04. The average Bonchev–Trinajstić information content (AvgIpc) is 2.15. The highest BCUT2D eigenvalue weighted by Crippen LogP contribution is 2.18. The molecule has 0 aromatic heterocycles. The van der Waals surface area contributed by atoms with Crippen molar-refractivity contribution in [1.29, 1.82) is 0 Å². The zero-order chi connectivity index (χ0) is 8.81. The van der Waals surface area contributed by atoms with Crippen molar-refractivity contribution in [3.05, 3.63) is 0 Å². The Bertz CT molecular complexity index is 108. The van der Waals surface area contributed by atoms with Gasteiger partial charge in [0, 0.05) is 12.6 Å². The van der Waals surface area contributed by atoms with Crippen LogP contribution in [0.2, 0.25) is 0 Å². The number of ether oxygens (including phenoxy) is 1. The maximum atomic E-state index is 5.72. The van der Waals surface area contributed by atoms with Gasteiger partial charge in [-0.3, -0.25) is 0 Å². The van der Waals surface area contributed by atoms with Crippen molar-refractivity contribution >= 4 is 0 Å². The molecule has 12 heavy (non-hydrogen) atoms. The van der Waals surface area contributed by atoms with E-state index in [1.165, 1.54) is 32.1 Å². The highest BCUT2D eigenvalue weighted by atomic mass is 16.5. The molecular weight excluding hydrogens is 150 g/mol. The van der Waals surface area contributed by atoms with Crippen molar-refractivity contribution in [1.82, 2.24) is 5.32 Å². The van der Waals surface area contributed by atoms with Gasteiger partial charge in [0.2, 0.25) is 0 Å².